The lowest BCUT2D eigenvalue weighted by Gasteiger charge is -2.36. The van der Waals surface area contributed by atoms with Crippen LogP contribution in [0, 0.1) is 24.5 Å². The van der Waals surface area contributed by atoms with Crippen LogP contribution in [0.4, 0.5) is 20.3 Å². The van der Waals surface area contributed by atoms with Crippen LogP contribution in [0.25, 0.3) is 22.4 Å². The number of imidazole rings is 1. The molecule has 18 heteroatoms. The fourth-order valence-corrected chi connectivity index (χ4v) is 7.12. The van der Waals surface area contributed by atoms with Gasteiger partial charge in [-0.2, -0.15) is 10.2 Å². The number of rotatable bonds is 13. The average Bonchev–Trinajstić information content (AvgIpc) is 3.77. The average molecular weight is 817 g/mol. The second-order valence-corrected chi connectivity index (χ2v) is 14.8. The SMILES string of the molecule is CCC(CC[NH+](C)C)C(=O)N1CCN(C(=O)c2ccc(NC(=O)c3ncc(-c4ccc(-c5cnn(CC(=O)Nc6cccnn6)c5C)c(F)c4F)n3C)cc2Cl)CC1. The number of amides is 4. The highest BCUT2D eigenvalue weighted by Crippen LogP contribution is 2.33. The zero-order chi connectivity index (χ0) is 41.7. The fourth-order valence-electron chi connectivity index (χ4n) is 6.86. The van der Waals surface area contributed by atoms with E-state index in [0.29, 0.717) is 37.6 Å². The van der Waals surface area contributed by atoms with Gasteiger partial charge in [0, 0.05) is 79.8 Å². The Hall–Kier alpha value is -6.07. The molecule has 0 aliphatic carbocycles. The van der Waals surface area contributed by atoms with Crippen LogP contribution >= 0.6 is 11.6 Å². The number of benzene rings is 2. The van der Waals surface area contributed by atoms with Gasteiger partial charge in [-0.1, -0.05) is 24.6 Å². The monoisotopic (exact) mass is 816 g/mol. The third-order valence-corrected chi connectivity index (χ3v) is 10.6. The summed E-state index contributed by atoms with van der Waals surface area (Å²) < 4.78 is 34.1. The summed E-state index contributed by atoms with van der Waals surface area (Å²) in [6.07, 6.45) is 5.67. The van der Waals surface area contributed by atoms with Gasteiger partial charge in [-0.15, -0.1) is 5.10 Å². The minimum absolute atomic E-state index is 0.0402. The van der Waals surface area contributed by atoms with Crippen LogP contribution in [0.2, 0.25) is 5.02 Å². The Morgan fingerprint density at radius 2 is 1.64 bits per heavy atom. The van der Waals surface area contributed by atoms with E-state index in [4.69, 9.17) is 11.6 Å². The largest absolute Gasteiger partial charge is 0.340 e. The molecule has 1 saturated heterocycles. The van der Waals surface area contributed by atoms with Gasteiger partial charge in [-0.3, -0.25) is 23.9 Å². The number of carbonyl (C=O) groups excluding carboxylic acids is 4. The maximum atomic E-state index is 15.7. The molecule has 6 rings (SSSR count). The number of hydrogen-bond acceptors (Lipinski definition) is 8. The van der Waals surface area contributed by atoms with Crippen molar-refractivity contribution in [2.45, 2.75) is 33.2 Å². The van der Waals surface area contributed by atoms with E-state index in [1.54, 1.807) is 30.0 Å². The van der Waals surface area contributed by atoms with Gasteiger partial charge < -0.3 is 29.9 Å². The van der Waals surface area contributed by atoms with Gasteiger partial charge >= 0.3 is 0 Å². The highest BCUT2D eigenvalue weighted by Gasteiger charge is 2.30. The maximum Gasteiger partial charge on any atom is 0.291 e. The summed E-state index contributed by atoms with van der Waals surface area (Å²) in [7, 11) is 5.63. The third-order valence-electron chi connectivity index (χ3n) is 10.2. The second-order valence-electron chi connectivity index (χ2n) is 14.4. The van der Waals surface area contributed by atoms with E-state index in [1.807, 2.05) is 11.8 Å². The maximum absolute atomic E-state index is 15.7. The number of carbonyl (C=O) groups is 4. The van der Waals surface area contributed by atoms with E-state index < -0.39 is 23.4 Å². The van der Waals surface area contributed by atoms with Gasteiger partial charge in [0.25, 0.3) is 11.8 Å². The van der Waals surface area contributed by atoms with E-state index in [-0.39, 0.29) is 68.9 Å². The van der Waals surface area contributed by atoms with E-state index in [1.165, 1.54) is 64.1 Å². The van der Waals surface area contributed by atoms with E-state index in [2.05, 4.69) is 45.0 Å². The third kappa shape index (κ3) is 9.05. The predicted octanol–water partition coefficient (Wildman–Crippen LogP) is 3.72. The van der Waals surface area contributed by atoms with Crippen LogP contribution in [-0.4, -0.2) is 110 Å². The number of nitrogens with zero attached hydrogens (tertiary/aromatic N) is 8. The summed E-state index contributed by atoms with van der Waals surface area (Å²) in [6.45, 7) is 6.00. The number of hydrogen-bond donors (Lipinski definition) is 3. The van der Waals surface area contributed by atoms with Crippen molar-refractivity contribution in [2.24, 2.45) is 13.0 Å². The number of halogens is 3. The van der Waals surface area contributed by atoms with Crippen molar-refractivity contribution >= 4 is 46.7 Å². The van der Waals surface area contributed by atoms with Crippen molar-refractivity contribution in [1.29, 1.82) is 0 Å². The van der Waals surface area contributed by atoms with Crippen LogP contribution in [0.3, 0.4) is 0 Å². The second kappa shape index (κ2) is 18.0. The Morgan fingerprint density at radius 1 is 0.931 bits per heavy atom. The molecule has 0 spiro atoms. The van der Waals surface area contributed by atoms with Crippen LogP contribution in [0.5, 0.6) is 0 Å². The van der Waals surface area contributed by atoms with Gasteiger partial charge in [-0.05, 0) is 49.7 Å². The minimum atomic E-state index is -1.16. The summed E-state index contributed by atoms with van der Waals surface area (Å²) in [6, 6.07) is 10.5. The number of nitrogens with one attached hydrogen (secondary N) is 3. The molecule has 1 atom stereocenters. The normalized spacial score (nSPS) is 13.5. The predicted molar refractivity (Wildman–Crippen MR) is 213 cm³/mol. The molecular weight excluding hydrogens is 772 g/mol. The molecule has 3 aromatic heterocycles. The molecule has 0 bridgehead atoms. The van der Waals surface area contributed by atoms with Gasteiger partial charge in [-0.25, -0.2) is 13.8 Å². The molecule has 1 aliphatic heterocycles. The summed E-state index contributed by atoms with van der Waals surface area (Å²) in [5.74, 6) is -3.40. The van der Waals surface area contributed by atoms with Crippen molar-refractivity contribution in [3.8, 4) is 22.4 Å². The summed E-state index contributed by atoms with van der Waals surface area (Å²) in [5, 5.41) is 17.1. The fraction of sp³-hybridized carbons (Fsp3) is 0.350. The molecule has 1 aliphatic rings. The topological polar surface area (TPSA) is 165 Å². The van der Waals surface area contributed by atoms with Crippen LogP contribution in [-0.2, 0) is 23.2 Å². The lowest BCUT2D eigenvalue weighted by atomic mass is 10.00. The van der Waals surface area contributed by atoms with Gasteiger partial charge in [0.1, 0.15) is 6.54 Å². The molecule has 15 nitrogen and oxygen atoms in total. The Balaban J connectivity index is 1.08. The summed E-state index contributed by atoms with van der Waals surface area (Å²) in [4.78, 5) is 61.4. The van der Waals surface area contributed by atoms with Crippen molar-refractivity contribution < 1.29 is 32.9 Å². The van der Waals surface area contributed by atoms with Gasteiger partial charge in [0.05, 0.1) is 49.3 Å². The molecule has 58 heavy (non-hydrogen) atoms. The molecule has 3 N–H and O–H groups in total. The molecule has 2 aromatic carbocycles. The Labute approximate surface area is 339 Å². The van der Waals surface area contributed by atoms with Crippen molar-refractivity contribution in [3.63, 3.8) is 0 Å². The number of piperazine rings is 1. The first kappa shape index (κ1) is 41.6. The smallest absolute Gasteiger partial charge is 0.291 e. The minimum Gasteiger partial charge on any atom is -0.340 e. The van der Waals surface area contributed by atoms with Gasteiger partial charge in [0.2, 0.25) is 11.8 Å². The first-order valence-corrected chi connectivity index (χ1v) is 19.2. The molecule has 0 saturated carbocycles. The summed E-state index contributed by atoms with van der Waals surface area (Å²) >= 11 is 6.55. The van der Waals surface area contributed by atoms with E-state index >= 15 is 8.78 Å². The van der Waals surface area contributed by atoms with E-state index in [9.17, 15) is 19.2 Å². The Kier molecular flexibility index (Phi) is 12.9. The molecule has 4 amide bonds. The highest BCUT2D eigenvalue weighted by molar-refractivity contribution is 6.34. The number of quaternary nitrogens is 1. The van der Waals surface area contributed by atoms with Crippen LogP contribution in [0.15, 0.2) is 61.1 Å². The lowest BCUT2D eigenvalue weighted by molar-refractivity contribution is -0.858. The molecule has 304 valence electrons. The van der Waals surface area contributed by atoms with Crippen LogP contribution in [0.1, 0.15) is 46.4 Å². The molecule has 0 radical (unpaired) electrons. The Morgan fingerprint density at radius 3 is 2.31 bits per heavy atom. The number of aromatic nitrogens is 6. The zero-order valence-electron chi connectivity index (χ0n) is 32.9. The number of anilines is 2. The Bertz CT molecular complexity index is 2320. The first-order valence-electron chi connectivity index (χ1n) is 18.9. The molecule has 1 fully saturated rings. The van der Waals surface area contributed by atoms with Crippen molar-refractivity contribution in [1.82, 2.24) is 39.3 Å². The molecule has 4 heterocycles. The quantitative estimate of drug-likeness (QED) is 0.162. The molecule has 5 aromatic rings. The van der Waals surface area contributed by atoms with Crippen LogP contribution < -0.4 is 15.5 Å². The zero-order valence-corrected chi connectivity index (χ0v) is 33.6. The van der Waals surface area contributed by atoms with Crippen molar-refractivity contribution in [3.05, 3.63) is 94.8 Å². The highest BCUT2D eigenvalue weighted by atomic mass is 35.5. The summed E-state index contributed by atoms with van der Waals surface area (Å²) in [5.41, 5.74) is 1.22. The van der Waals surface area contributed by atoms with E-state index in [0.717, 1.165) is 19.4 Å². The van der Waals surface area contributed by atoms with Crippen molar-refractivity contribution in [2.75, 3.05) is 57.5 Å². The first-order chi connectivity index (χ1) is 27.8. The lowest BCUT2D eigenvalue weighted by Crippen LogP contribution is -3.05. The standard InChI is InChI=1S/C40H44ClF2N11O4/c1-6-25(13-15-50(3)4)39(57)52-16-18-53(19-17-52)40(58)28-10-9-26(20-31(28)41)47-38(56)37-44-22-32(51(37)5)29-12-11-27(35(42)36(29)43)30-21-46-54(24(30)2)23-34(55)48-33-8-7-14-45-49-33/h7-12,14,20-22,25H,6,13,15-19,23H2,1-5H3,(H,47,56)(H,48,49,55)/p+1. The van der Waals surface area contributed by atoms with Gasteiger partial charge in [0.15, 0.2) is 23.3 Å². The molecule has 1 unspecified atom stereocenters. The molecular formula is C40H45ClF2N11O4+.